The summed E-state index contributed by atoms with van der Waals surface area (Å²) >= 11 is 0. The fourth-order valence-corrected chi connectivity index (χ4v) is 7.31. The van der Waals surface area contributed by atoms with Crippen LogP contribution < -0.4 is 5.32 Å². The molecule has 0 aromatic heterocycles. The third-order valence-electron chi connectivity index (χ3n) is 11.2. The second-order valence-electron chi connectivity index (χ2n) is 16.8. The van der Waals surface area contributed by atoms with E-state index in [1.54, 1.807) is 6.08 Å². The van der Waals surface area contributed by atoms with Gasteiger partial charge in [-0.15, -0.1) is 0 Å². The number of aliphatic hydroxyl groups excluding tert-OH is 2. The van der Waals surface area contributed by atoms with Crippen LogP contribution in [0.25, 0.3) is 0 Å². The molecule has 0 saturated heterocycles. The van der Waals surface area contributed by atoms with Gasteiger partial charge < -0.3 is 20.3 Å². The molecule has 6 nitrogen and oxygen atoms in total. The summed E-state index contributed by atoms with van der Waals surface area (Å²) in [7, 11) is 0. The average Bonchev–Trinajstić information content (AvgIpc) is 3.21. The summed E-state index contributed by atoms with van der Waals surface area (Å²) in [6.07, 6.45) is 55.6. The van der Waals surface area contributed by atoms with E-state index in [9.17, 15) is 19.8 Å². The molecule has 0 fully saturated rings. The van der Waals surface area contributed by atoms with Crippen molar-refractivity contribution in [2.75, 3.05) is 13.2 Å². The van der Waals surface area contributed by atoms with Crippen LogP contribution in [0.2, 0.25) is 0 Å². The third-order valence-corrected chi connectivity index (χ3v) is 11.2. The van der Waals surface area contributed by atoms with Crippen LogP contribution in [-0.4, -0.2) is 47.4 Å². The molecule has 0 rings (SSSR count). The Bertz CT molecular complexity index is 931. The van der Waals surface area contributed by atoms with Gasteiger partial charge in [-0.3, -0.25) is 9.59 Å². The number of esters is 1. The van der Waals surface area contributed by atoms with Gasteiger partial charge in [0.2, 0.25) is 5.91 Å². The van der Waals surface area contributed by atoms with Crippen molar-refractivity contribution in [3.63, 3.8) is 0 Å². The Morgan fingerprint density at radius 3 is 1.37 bits per heavy atom. The van der Waals surface area contributed by atoms with E-state index in [2.05, 4.69) is 43.5 Å². The summed E-state index contributed by atoms with van der Waals surface area (Å²) in [5.74, 6) is -0.128. The lowest BCUT2D eigenvalue weighted by Crippen LogP contribution is -2.45. The molecule has 0 aromatic rings. The highest BCUT2D eigenvalue weighted by Crippen LogP contribution is 2.15. The van der Waals surface area contributed by atoms with Crippen LogP contribution >= 0.6 is 0 Å². The maximum Gasteiger partial charge on any atom is 0.305 e. The molecule has 2 atom stereocenters. The number of allylic oxidation sites excluding steroid dienone is 5. The van der Waals surface area contributed by atoms with E-state index in [-0.39, 0.29) is 18.5 Å². The molecule has 1 amide bonds. The zero-order valence-electron chi connectivity index (χ0n) is 37.8. The maximum atomic E-state index is 12.4. The molecule has 334 valence electrons. The first-order chi connectivity index (χ1) is 28.0. The lowest BCUT2D eigenvalue weighted by molar-refractivity contribution is -0.143. The normalized spacial score (nSPS) is 13.0. The van der Waals surface area contributed by atoms with Crippen molar-refractivity contribution in [2.45, 2.75) is 264 Å². The molecule has 2 unspecified atom stereocenters. The van der Waals surface area contributed by atoms with Crippen LogP contribution in [0.1, 0.15) is 251 Å². The average molecular weight is 802 g/mol. The van der Waals surface area contributed by atoms with E-state index in [1.165, 1.54) is 154 Å². The zero-order valence-corrected chi connectivity index (χ0v) is 37.8. The van der Waals surface area contributed by atoms with E-state index in [1.807, 2.05) is 6.08 Å². The first kappa shape index (κ1) is 55.1. The molecule has 57 heavy (non-hydrogen) atoms. The molecule has 6 heteroatoms. The van der Waals surface area contributed by atoms with E-state index in [0.717, 1.165) is 70.6 Å². The van der Waals surface area contributed by atoms with Crippen LogP contribution in [0.15, 0.2) is 36.5 Å². The Morgan fingerprint density at radius 1 is 0.491 bits per heavy atom. The third kappa shape index (κ3) is 43.5. The number of amides is 1. The Morgan fingerprint density at radius 2 is 0.877 bits per heavy atom. The van der Waals surface area contributed by atoms with Crippen LogP contribution in [0.3, 0.4) is 0 Å². The van der Waals surface area contributed by atoms with E-state index in [4.69, 9.17) is 4.74 Å². The molecule has 0 aliphatic carbocycles. The summed E-state index contributed by atoms with van der Waals surface area (Å²) in [4.78, 5) is 24.4. The van der Waals surface area contributed by atoms with Gasteiger partial charge in [0.05, 0.1) is 25.4 Å². The first-order valence-electron chi connectivity index (χ1n) is 24.8. The van der Waals surface area contributed by atoms with Gasteiger partial charge in [0.1, 0.15) is 0 Å². The van der Waals surface area contributed by atoms with Gasteiger partial charge >= 0.3 is 5.97 Å². The molecule has 0 saturated carbocycles. The van der Waals surface area contributed by atoms with E-state index >= 15 is 0 Å². The largest absolute Gasteiger partial charge is 0.466 e. The smallest absolute Gasteiger partial charge is 0.305 e. The minimum Gasteiger partial charge on any atom is -0.466 e. The topological polar surface area (TPSA) is 95.9 Å². The number of nitrogens with one attached hydrogen (secondary N) is 1. The second-order valence-corrected chi connectivity index (χ2v) is 16.8. The number of ether oxygens (including phenoxy) is 1. The molecule has 0 aromatic carbocycles. The lowest BCUT2D eigenvalue weighted by atomic mass is 10.0. The Kier molecular flexibility index (Phi) is 45.2. The Hall–Kier alpha value is -1.92. The minimum atomic E-state index is -0.860. The van der Waals surface area contributed by atoms with Crippen molar-refractivity contribution < 1.29 is 24.5 Å². The summed E-state index contributed by atoms with van der Waals surface area (Å²) in [5, 5.41) is 23.0. The monoisotopic (exact) mass is 802 g/mol. The van der Waals surface area contributed by atoms with Gasteiger partial charge in [-0.2, -0.15) is 0 Å². The Balaban J connectivity index is 3.54. The summed E-state index contributed by atoms with van der Waals surface area (Å²) in [5.41, 5.74) is 0. The highest BCUT2D eigenvalue weighted by molar-refractivity contribution is 5.76. The van der Waals surface area contributed by atoms with Gasteiger partial charge in [-0.1, -0.05) is 211 Å². The van der Waals surface area contributed by atoms with Gasteiger partial charge in [0.15, 0.2) is 0 Å². The molecule has 0 bridgehead atoms. The number of carbonyl (C=O) groups excluding carboxylic acids is 2. The van der Waals surface area contributed by atoms with Crippen LogP contribution in [0, 0.1) is 0 Å². The number of carbonyl (C=O) groups is 2. The fraction of sp³-hybridized carbons (Fsp3) is 0.843. The lowest BCUT2D eigenvalue weighted by Gasteiger charge is -2.20. The molecule has 0 aliphatic heterocycles. The van der Waals surface area contributed by atoms with Gasteiger partial charge in [0.25, 0.3) is 0 Å². The molecule has 0 heterocycles. The number of hydrogen-bond acceptors (Lipinski definition) is 5. The van der Waals surface area contributed by atoms with Crippen molar-refractivity contribution >= 4 is 11.9 Å². The van der Waals surface area contributed by atoms with Gasteiger partial charge in [-0.05, 0) is 64.2 Å². The standard InChI is InChI=1S/C51H95NO5/c1-3-5-7-9-11-13-15-17-19-21-23-27-31-35-39-43-49(54)48(47-53)52-50(55)44-40-36-32-28-25-26-30-34-38-42-46-57-51(56)45-41-37-33-29-24-22-20-18-16-14-12-10-8-6-4-2/h12,14,18,20,39,43,48-49,53-54H,3-11,13,15-17,19,21-38,40-42,44-47H2,1-2H3,(H,52,55)/b14-12-,20-18-,43-39+. The van der Waals surface area contributed by atoms with E-state index < -0.39 is 12.1 Å². The molecular formula is C51H95NO5. The second kappa shape index (κ2) is 46.8. The van der Waals surface area contributed by atoms with Crippen molar-refractivity contribution in [2.24, 2.45) is 0 Å². The SMILES string of the molecule is CCCCC/C=C\C/C=C\CCCCCCCC(=O)OCCCCCCCCCCCCC(=O)NC(CO)C(O)/C=C/CCCCCCCCCCCCCCC. The minimum absolute atomic E-state index is 0.0355. The van der Waals surface area contributed by atoms with Gasteiger partial charge in [0, 0.05) is 12.8 Å². The molecule has 0 radical (unpaired) electrons. The Labute approximate surface area is 353 Å². The molecule has 0 aliphatic rings. The van der Waals surface area contributed by atoms with Gasteiger partial charge in [-0.25, -0.2) is 0 Å². The summed E-state index contributed by atoms with van der Waals surface area (Å²) in [6, 6.07) is -0.645. The summed E-state index contributed by atoms with van der Waals surface area (Å²) < 4.78 is 5.44. The van der Waals surface area contributed by atoms with Crippen molar-refractivity contribution in [3.05, 3.63) is 36.5 Å². The van der Waals surface area contributed by atoms with Crippen molar-refractivity contribution in [1.29, 1.82) is 0 Å². The highest BCUT2D eigenvalue weighted by Gasteiger charge is 2.18. The number of unbranched alkanes of at least 4 members (excludes halogenated alkanes) is 30. The van der Waals surface area contributed by atoms with E-state index in [0.29, 0.717) is 19.4 Å². The first-order valence-corrected chi connectivity index (χ1v) is 24.8. The number of hydrogen-bond donors (Lipinski definition) is 3. The molecular weight excluding hydrogens is 707 g/mol. The van der Waals surface area contributed by atoms with Crippen molar-refractivity contribution in [1.82, 2.24) is 5.32 Å². The zero-order chi connectivity index (χ0) is 41.5. The molecule has 3 N–H and O–H groups in total. The van der Waals surface area contributed by atoms with Crippen molar-refractivity contribution in [3.8, 4) is 0 Å². The quantitative estimate of drug-likeness (QED) is 0.0324. The fourth-order valence-electron chi connectivity index (χ4n) is 7.31. The predicted octanol–water partition coefficient (Wildman–Crippen LogP) is 14.5. The number of aliphatic hydroxyl groups is 2. The maximum absolute atomic E-state index is 12.4. The van der Waals surface area contributed by atoms with Crippen LogP contribution in [-0.2, 0) is 14.3 Å². The van der Waals surface area contributed by atoms with Crippen LogP contribution in [0.5, 0.6) is 0 Å². The van der Waals surface area contributed by atoms with Crippen LogP contribution in [0.4, 0.5) is 0 Å². The molecule has 0 spiro atoms. The number of rotatable bonds is 45. The highest BCUT2D eigenvalue weighted by atomic mass is 16.5. The predicted molar refractivity (Wildman–Crippen MR) is 246 cm³/mol. The summed E-state index contributed by atoms with van der Waals surface area (Å²) in [6.45, 7) is 4.81.